The van der Waals surface area contributed by atoms with Crippen molar-refractivity contribution < 1.29 is 4.42 Å². The van der Waals surface area contributed by atoms with E-state index in [0.29, 0.717) is 5.92 Å². The molecule has 2 aromatic carbocycles. The molecule has 1 unspecified atom stereocenters. The number of rotatable bonds is 3. The molecule has 0 saturated carbocycles. The number of aromatic nitrogens is 2. The summed E-state index contributed by atoms with van der Waals surface area (Å²) < 4.78 is 7.69. The van der Waals surface area contributed by atoms with E-state index in [9.17, 15) is 0 Å². The number of likely N-dealkylation sites (N-methyl/N-ethyl adjacent to an activating group) is 1. The fourth-order valence-electron chi connectivity index (χ4n) is 4.18. The maximum atomic E-state index is 5.51. The fraction of sp³-hybridized carbons (Fsp3) is 0.261. The predicted octanol–water partition coefficient (Wildman–Crippen LogP) is 5.09. The molecule has 3 heterocycles. The standard InChI is InChI=1S/C23H23N3O/c1-25-11-3-6-19(15-25)17-5-2-7-20(13-17)26-16-24-21-14-18(9-10-22(21)26)23-8-4-12-27-23/h2,4-5,7-10,12-14,16,19H,3,6,11,15H2,1H3. The molecule has 2 aromatic heterocycles. The van der Waals surface area contributed by atoms with Gasteiger partial charge < -0.3 is 9.32 Å². The minimum Gasteiger partial charge on any atom is -0.464 e. The van der Waals surface area contributed by atoms with Gasteiger partial charge in [0.1, 0.15) is 12.1 Å². The molecule has 1 aliphatic heterocycles. The molecule has 1 aliphatic rings. The van der Waals surface area contributed by atoms with E-state index in [2.05, 4.69) is 64.0 Å². The van der Waals surface area contributed by atoms with Crippen molar-refractivity contribution in [2.75, 3.05) is 20.1 Å². The van der Waals surface area contributed by atoms with Crippen LogP contribution in [-0.4, -0.2) is 34.6 Å². The van der Waals surface area contributed by atoms with Crippen LogP contribution in [0.1, 0.15) is 24.3 Å². The molecule has 0 spiro atoms. The van der Waals surface area contributed by atoms with Gasteiger partial charge in [0.25, 0.3) is 0 Å². The molecular formula is C23H23N3O. The molecule has 5 rings (SSSR count). The lowest BCUT2D eigenvalue weighted by molar-refractivity contribution is 0.251. The van der Waals surface area contributed by atoms with E-state index < -0.39 is 0 Å². The topological polar surface area (TPSA) is 34.2 Å². The van der Waals surface area contributed by atoms with Gasteiger partial charge in [0.2, 0.25) is 0 Å². The first kappa shape index (κ1) is 16.3. The molecule has 0 radical (unpaired) electrons. The smallest absolute Gasteiger partial charge is 0.133 e. The molecule has 1 fully saturated rings. The van der Waals surface area contributed by atoms with Crippen molar-refractivity contribution in [2.45, 2.75) is 18.8 Å². The number of hydrogen-bond acceptors (Lipinski definition) is 3. The van der Waals surface area contributed by atoms with Crippen LogP contribution in [-0.2, 0) is 0 Å². The normalized spacial score (nSPS) is 18.2. The molecule has 0 bridgehead atoms. The van der Waals surface area contributed by atoms with Crippen LogP contribution in [0.4, 0.5) is 0 Å². The largest absolute Gasteiger partial charge is 0.464 e. The van der Waals surface area contributed by atoms with Crippen molar-refractivity contribution in [3.63, 3.8) is 0 Å². The second kappa shape index (κ2) is 6.71. The first-order valence-electron chi connectivity index (χ1n) is 9.58. The van der Waals surface area contributed by atoms with Crippen LogP contribution in [0, 0.1) is 0 Å². The second-order valence-corrected chi connectivity index (χ2v) is 7.49. The third-order valence-electron chi connectivity index (χ3n) is 5.60. The maximum absolute atomic E-state index is 5.51. The summed E-state index contributed by atoms with van der Waals surface area (Å²) in [5, 5.41) is 0. The Bertz CT molecular complexity index is 1060. The monoisotopic (exact) mass is 357 g/mol. The van der Waals surface area contributed by atoms with Crippen LogP contribution in [0.15, 0.2) is 71.6 Å². The van der Waals surface area contributed by atoms with Crippen LogP contribution in [0.2, 0.25) is 0 Å². The quantitative estimate of drug-likeness (QED) is 0.512. The highest BCUT2D eigenvalue weighted by Gasteiger charge is 2.19. The fourth-order valence-corrected chi connectivity index (χ4v) is 4.18. The number of hydrogen-bond donors (Lipinski definition) is 0. The van der Waals surface area contributed by atoms with Crippen LogP contribution in [0.25, 0.3) is 28.0 Å². The van der Waals surface area contributed by atoms with Gasteiger partial charge in [-0.1, -0.05) is 12.1 Å². The molecule has 27 heavy (non-hydrogen) atoms. The second-order valence-electron chi connectivity index (χ2n) is 7.49. The number of nitrogens with zero attached hydrogens (tertiary/aromatic N) is 3. The highest BCUT2D eigenvalue weighted by atomic mass is 16.3. The zero-order chi connectivity index (χ0) is 18.2. The van der Waals surface area contributed by atoms with Gasteiger partial charge in [-0.3, -0.25) is 4.57 Å². The number of imidazole rings is 1. The zero-order valence-corrected chi connectivity index (χ0v) is 15.5. The minimum absolute atomic E-state index is 0.615. The molecule has 0 aliphatic carbocycles. The van der Waals surface area contributed by atoms with Crippen molar-refractivity contribution >= 4 is 11.0 Å². The summed E-state index contributed by atoms with van der Waals surface area (Å²) in [7, 11) is 2.22. The number of piperidine rings is 1. The van der Waals surface area contributed by atoms with Crippen LogP contribution < -0.4 is 0 Å². The van der Waals surface area contributed by atoms with E-state index in [-0.39, 0.29) is 0 Å². The van der Waals surface area contributed by atoms with Crippen molar-refractivity contribution in [2.24, 2.45) is 0 Å². The average Bonchev–Trinajstić information content (AvgIpc) is 3.37. The van der Waals surface area contributed by atoms with Crippen molar-refractivity contribution in [1.29, 1.82) is 0 Å². The number of likely N-dealkylation sites (tertiary alicyclic amines) is 1. The van der Waals surface area contributed by atoms with E-state index in [1.807, 2.05) is 18.5 Å². The van der Waals surface area contributed by atoms with Gasteiger partial charge in [-0.2, -0.15) is 0 Å². The maximum Gasteiger partial charge on any atom is 0.133 e. The summed E-state index contributed by atoms with van der Waals surface area (Å²) in [6.07, 6.45) is 6.16. The van der Waals surface area contributed by atoms with Crippen LogP contribution in [0.3, 0.4) is 0 Å². The summed E-state index contributed by atoms with van der Waals surface area (Å²) in [4.78, 5) is 7.07. The Balaban J connectivity index is 1.51. The first-order valence-corrected chi connectivity index (χ1v) is 9.58. The Labute approximate surface area is 159 Å². The molecule has 1 saturated heterocycles. The van der Waals surface area contributed by atoms with Crippen molar-refractivity contribution in [3.05, 3.63) is 72.8 Å². The van der Waals surface area contributed by atoms with E-state index in [1.165, 1.54) is 30.6 Å². The van der Waals surface area contributed by atoms with Gasteiger partial charge in [-0.05, 0) is 80.4 Å². The first-order chi connectivity index (χ1) is 13.3. The molecule has 0 amide bonds. The molecule has 4 heteroatoms. The molecule has 4 nitrogen and oxygen atoms in total. The molecule has 0 N–H and O–H groups in total. The number of benzene rings is 2. The lowest BCUT2D eigenvalue weighted by Gasteiger charge is -2.30. The van der Waals surface area contributed by atoms with E-state index in [0.717, 1.165) is 28.9 Å². The average molecular weight is 357 g/mol. The Kier molecular flexibility index (Phi) is 4.06. The Hall–Kier alpha value is -2.85. The van der Waals surface area contributed by atoms with Gasteiger partial charge in [0.15, 0.2) is 0 Å². The van der Waals surface area contributed by atoms with Gasteiger partial charge in [0, 0.05) is 17.8 Å². The zero-order valence-electron chi connectivity index (χ0n) is 15.5. The van der Waals surface area contributed by atoms with Gasteiger partial charge in [-0.15, -0.1) is 0 Å². The van der Waals surface area contributed by atoms with Gasteiger partial charge >= 0.3 is 0 Å². The predicted molar refractivity (Wildman–Crippen MR) is 108 cm³/mol. The lowest BCUT2D eigenvalue weighted by Crippen LogP contribution is -2.30. The minimum atomic E-state index is 0.615. The lowest BCUT2D eigenvalue weighted by atomic mass is 9.90. The van der Waals surface area contributed by atoms with E-state index in [4.69, 9.17) is 4.42 Å². The van der Waals surface area contributed by atoms with Crippen LogP contribution in [0.5, 0.6) is 0 Å². The summed E-state index contributed by atoms with van der Waals surface area (Å²) in [5.41, 5.74) is 5.74. The van der Waals surface area contributed by atoms with E-state index in [1.54, 1.807) is 6.26 Å². The Morgan fingerprint density at radius 1 is 1.07 bits per heavy atom. The molecule has 1 atom stereocenters. The van der Waals surface area contributed by atoms with Crippen molar-refractivity contribution in [1.82, 2.24) is 14.5 Å². The SMILES string of the molecule is CN1CCCC(c2cccc(-n3cnc4cc(-c5ccco5)ccc43)c2)C1. The summed E-state index contributed by atoms with van der Waals surface area (Å²) in [6.45, 7) is 2.35. The summed E-state index contributed by atoms with van der Waals surface area (Å²) >= 11 is 0. The third kappa shape index (κ3) is 3.06. The highest BCUT2D eigenvalue weighted by molar-refractivity contribution is 5.82. The highest BCUT2D eigenvalue weighted by Crippen LogP contribution is 2.29. The van der Waals surface area contributed by atoms with Gasteiger partial charge in [-0.25, -0.2) is 4.98 Å². The molecular weight excluding hydrogens is 334 g/mol. The molecule has 4 aromatic rings. The third-order valence-corrected chi connectivity index (χ3v) is 5.60. The Morgan fingerprint density at radius 3 is 2.89 bits per heavy atom. The summed E-state index contributed by atoms with van der Waals surface area (Å²) in [5.74, 6) is 1.49. The number of fused-ring (bicyclic) bond motifs is 1. The van der Waals surface area contributed by atoms with Gasteiger partial charge in [0.05, 0.1) is 17.3 Å². The summed E-state index contributed by atoms with van der Waals surface area (Å²) in [6, 6.07) is 19.1. The Morgan fingerprint density at radius 2 is 2.04 bits per heavy atom. The van der Waals surface area contributed by atoms with Crippen LogP contribution >= 0.6 is 0 Å². The number of furan rings is 1. The van der Waals surface area contributed by atoms with E-state index >= 15 is 0 Å². The molecule has 136 valence electrons. The van der Waals surface area contributed by atoms with Crippen molar-refractivity contribution in [3.8, 4) is 17.0 Å².